The molecule has 1 N–H and O–H groups in total. The summed E-state index contributed by atoms with van der Waals surface area (Å²) in [6, 6.07) is 4.24. The van der Waals surface area contributed by atoms with Crippen LogP contribution in [0.5, 0.6) is 0 Å². The highest BCUT2D eigenvalue weighted by molar-refractivity contribution is 5.99. The van der Waals surface area contributed by atoms with Crippen LogP contribution in [-0.2, 0) is 4.79 Å². The molecule has 92 valence electrons. The second-order valence-corrected chi connectivity index (χ2v) is 4.26. The topological polar surface area (TPSA) is 54.4 Å². The molecule has 0 radical (unpaired) electrons. The SMILES string of the molecule is Cc1ccc(F)c(C(=O)C(C)C(C)C(=O)O)c1. The molecule has 17 heavy (non-hydrogen) atoms. The van der Waals surface area contributed by atoms with Gasteiger partial charge < -0.3 is 5.11 Å². The molecular formula is C13H15FO3. The van der Waals surface area contributed by atoms with Crippen LogP contribution in [0.1, 0.15) is 29.8 Å². The number of benzene rings is 1. The number of hydrogen-bond donors (Lipinski definition) is 1. The molecule has 0 aliphatic rings. The number of carbonyl (C=O) groups is 2. The summed E-state index contributed by atoms with van der Waals surface area (Å²) in [5, 5.41) is 8.83. The molecule has 0 bridgehead atoms. The average Bonchev–Trinajstić information content (AvgIpc) is 2.29. The van der Waals surface area contributed by atoms with Crippen molar-refractivity contribution in [2.24, 2.45) is 11.8 Å². The normalized spacial score (nSPS) is 14.1. The minimum atomic E-state index is -1.06. The number of rotatable bonds is 4. The maximum absolute atomic E-state index is 13.5. The lowest BCUT2D eigenvalue weighted by Crippen LogP contribution is -2.26. The molecule has 0 saturated heterocycles. The standard InChI is InChI=1S/C13H15FO3/c1-7-4-5-11(14)10(6-7)12(15)8(2)9(3)13(16)17/h4-6,8-9H,1-3H3,(H,16,17). The maximum atomic E-state index is 13.5. The Bertz CT molecular complexity index is 454. The molecule has 0 aromatic heterocycles. The Morgan fingerprint density at radius 2 is 1.82 bits per heavy atom. The molecule has 2 atom stereocenters. The van der Waals surface area contributed by atoms with Crippen molar-refractivity contribution in [1.82, 2.24) is 0 Å². The van der Waals surface area contributed by atoms with Crippen molar-refractivity contribution < 1.29 is 19.1 Å². The highest BCUT2D eigenvalue weighted by Gasteiger charge is 2.28. The first kappa shape index (κ1) is 13.4. The van der Waals surface area contributed by atoms with E-state index in [1.807, 2.05) is 0 Å². The number of aryl methyl sites for hydroxylation is 1. The lowest BCUT2D eigenvalue weighted by molar-refractivity contribution is -0.142. The van der Waals surface area contributed by atoms with E-state index in [9.17, 15) is 14.0 Å². The molecule has 2 unspecified atom stereocenters. The van der Waals surface area contributed by atoms with Crippen molar-refractivity contribution in [1.29, 1.82) is 0 Å². The van der Waals surface area contributed by atoms with E-state index >= 15 is 0 Å². The number of aliphatic carboxylic acids is 1. The van der Waals surface area contributed by atoms with Crippen molar-refractivity contribution in [2.75, 3.05) is 0 Å². The van der Waals surface area contributed by atoms with Crippen LogP contribution < -0.4 is 0 Å². The number of Topliss-reactive ketones (excluding diaryl/α,β-unsaturated/α-hetero) is 1. The van der Waals surface area contributed by atoms with Gasteiger partial charge in [0, 0.05) is 5.92 Å². The third kappa shape index (κ3) is 2.90. The summed E-state index contributed by atoms with van der Waals surface area (Å²) in [4.78, 5) is 22.7. The summed E-state index contributed by atoms with van der Waals surface area (Å²) in [6.45, 7) is 4.70. The number of hydrogen-bond acceptors (Lipinski definition) is 2. The zero-order valence-electron chi connectivity index (χ0n) is 10.0. The second kappa shape index (κ2) is 5.08. The van der Waals surface area contributed by atoms with Crippen LogP contribution in [0.4, 0.5) is 4.39 Å². The Morgan fingerprint density at radius 1 is 1.24 bits per heavy atom. The molecular weight excluding hydrogens is 223 g/mol. The van der Waals surface area contributed by atoms with E-state index in [2.05, 4.69) is 0 Å². The van der Waals surface area contributed by atoms with Gasteiger partial charge in [-0.3, -0.25) is 9.59 Å². The fourth-order valence-corrected chi connectivity index (χ4v) is 1.51. The van der Waals surface area contributed by atoms with Crippen molar-refractivity contribution in [2.45, 2.75) is 20.8 Å². The zero-order valence-corrected chi connectivity index (χ0v) is 10.0. The summed E-state index contributed by atoms with van der Waals surface area (Å²) >= 11 is 0. The van der Waals surface area contributed by atoms with Gasteiger partial charge in [-0.05, 0) is 19.1 Å². The molecule has 0 aliphatic heterocycles. The van der Waals surface area contributed by atoms with Crippen LogP contribution in [0.15, 0.2) is 18.2 Å². The van der Waals surface area contributed by atoms with Gasteiger partial charge in [0.1, 0.15) is 5.82 Å². The molecule has 4 heteroatoms. The van der Waals surface area contributed by atoms with Gasteiger partial charge in [0.25, 0.3) is 0 Å². The molecule has 3 nitrogen and oxygen atoms in total. The lowest BCUT2D eigenvalue weighted by Gasteiger charge is -2.15. The van der Waals surface area contributed by atoms with Crippen LogP contribution in [0.2, 0.25) is 0 Å². The van der Waals surface area contributed by atoms with E-state index in [1.165, 1.54) is 26.0 Å². The third-order valence-electron chi connectivity index (χ3n) is 2.94. The molecule has 0 amide bonds. The Morgan fingerprint density at radius 3 is 2.35 bits per heavy atom. The van der Waals surface area contributed by atoms with Crippen LogP contribution in [-0.4, -0.2) is 16.9 Å². The average molecular weight is 238 g/mol. The van der Waals surface area contributed by atoms with Gasteiger partial charge in [0.05, 0.1) is 11.5 Å². The minimum absolute atomic E-state index is 0.0365. The van der Waals surface area contributed by atoms with Crippen molar-refractivity contribution >= 4 is 11.8 Å². The predicted molar refractivity (Wildman–Crippen MR) is 61.4 cm³/mol. The van der Waals surface area contributed by atoms with Crippen molar-refractivity contribution in [3.63, 3.8) is 0 Å². The minimum Gasteiger partial charge on any atom is -0.481 e. The smallest absolute Gasteiger partial charge is 0.306 e. The van der Waals surface area contributed by atoms with E-state index in [4.69, 9.17) is 5.11 Å². The van der Waals surface area contributed by atoms with E-state index in [0.717, 1.165) is 5.56 Å². The fourth-order valence-electron chi connectivity index (χ4n) is 1.51. The first-order chi connectivity index (χ1) is 7.84. The fraction of sp³-hybridized carbons (Fsp3) is 0.385. The largest absolute Gasteiger partial charge is 0.481 e. The molecule has 1 rings (SSSR count). The zero-order chi connectivity index (χ0) is 13.2. The van der Waals surface area contributed by atoms with Gasteiger partial charge in [0.2, 0.25) is 0 Å². The highest BCUT2D eigenvalue weighted by Crippen LogP contribution is 2.20. The van der Waals surface area contributed by atoms with E-state index < -0.39 is 29.4 Å². The van der Waals surface area contributed by atoms with E-state index in [0.29, 0.717) is 0 Å². The third-order valence-corrected chi connectivity index (χ3v) is 2.94. The number of carboxylic acids is 1. The van der Waals surface area contributed by atoms with Gasteiger partial charge in [-0.1, -0.05) is 25.5 Å². The van der Waals surface area contributed by atoms with Crippen molar-refractivity contribution in [3.05, 3.63) is 35.1 Å². The quantitative estimate of drug-likeness (QED) is 0.820. The molecule has 0 aliphatic carbocycles. The van der Waals surface area contributed by atoms with Crippen LogP contribution in [0, 0.1) is 24.6 Å². The first-order valence-corrected chi connectivity index (χ1v) is 5.37. The molecule has 0 spiro atoms. The van der Waals surface area contributed by atoms with Crippen LogP contribution >= 0.6 is 0 Å². The molecule has 0 saturated carbocycles. The number of halogens is 1. The summed E-state index contributed by atoms with van der Waals surface area (Å²) in [6.07, 6.45) is 0. The number of carbonyl (C=O) groups excluding carboxylic acids is 1. The van der Waals surface area contributed by atoms with E-state index in [-0.39, 0.29) is 5.56 Å². The maximum Gasteiger partial charge on any atom is 0.306 e. The van der Waals surface area contributed by atoms with Gasteiger partial charge in [0.15, 0.2) is 5.78 Å². The molecule has 1 aromatic carbocycles. The predicted octanol–water partition coefficient (Wildman–Crippen LogP) is 2.67. The highest BCUT2D eigenvalue weighted by atomic mass is 19.1. The van der Waals surface area contributed by atoms with Gasteiger partial charge in [-0.15, -0.1) is 0 Å². The van der Waals surface area contributed by atoms with E-state index in [1.54, 1.807) is 13.0 Å². The molecule has 0 heterocycles. The molecule has 1 aromatic rings. The summed E-state index contributed by atoms with van der Waals surface area (Å²) in [7, 11) is 0. The second-order valence-electron chi connectivity index (χ2n) is 4.26. The Balaban J connectivity index is 3.04. The Kier molecular flexibility index (Phi) is 3.99. The summed E-state index contributed by atoms with van der Waals surface area (Å²) in [5.74, 6) is -3.71. The van der Waals surface area contributed by atoms with Gasteiger partial charge >= 0.3 is 5.97 Å². The lowest BCUT2D eigenvalue weighted by atomic mass is 9.88. The molecule has 0 fully saturated rings. The number of ketones is 1. The van der Waals surface area contributed by atoms with Crippen LogP contribution in [0.25, 0.3) is 0 Å². The Hall–Kier alpha value is -1.71. The first-order valence-electron chi connectivity index (χ1n) is 5.37. The van der Waals surface area contributed by atoms with Crippen molar-refractivity contribution in [3.8, 4) is 0 Å². The summed E-state index contributed by atoms with van der Waals surface area (Å²) in [5.41, 5.74) is 0.732. The van der Waals surface area contributed by atoms with Gasteiger partial charge in [-0.25, -0.2) is 4.39 Å². The van der Waals surface area contributed by atoms with Crippen LogP contribution in [0.3, 0.4) is 0 Å². The monoisotopic (exact) mass is 238 g/mol. The Labute approximate surface area is 99.3 Å². The number of carboxylic acid groups (broad SMARTS) is 1. The summed E-state index contributed by atoms with van der Waals surface area (Å²) < 4.78 is 13.5. The van der Waals surface area contributed by atoms with Gasteiger partial charge in [-0.2, -0.15) is 0 Å².